The van der Waals surface area contributed by atoms with Gasteiger partial charge in [0.2, 0.25) is 0 Å². The van der Waals surface area contributed by atoms with E-state index in [-0.39, 0.29) is 12.4 Å². The lowest BCUT2D eigenvalue weighted by Gasteiger charge is -2.10. The van der Waals surface area contributed by atoms with E-state index in [2.05, 4.69) is 41.1 Å². The Kier molecular flexibility index (Phi) is 7.50. The van der Waals surface area contributed by atoms with Crippen LogP contribution in [-0.4, -0.2) is 34.4 Å². The van der Waals surface area contributed by atoms with E-state index in [1.807, 2.05) is 24.3 Å². The highest BCUT2D eigenvalue weighted by molar-refractivity contribution is 5.92. The van der Waals surface area contributed by atoms with E-state index < -0.39 is 18.5 Å². The average molecular weight is 488 g/mol. The molecule has 9 heteroatoms. The molecule has 0 saturated heterocycles. The van der Waals surface area contributed by atoms with Crippen molar-refractivity contribution in [3.05, 3.63) is 101 Å². The summed E-state index contributed by atoms with van der Waals surface area (Å²) in [5.41, 5.74) is 6.47. The van der Waals surface area contributed by atoms with Crippen molar-refractivity contribution in [3.8, 4) is 17.2 Å². The third kappa shape index (κ3) is 6.20. The molecule has 4 aromatic rings. The summed E-state index contributed by atoms with van der Waals surface area (Å²) >= 11 is 0. The minimum atomic E-state index is -1.05. The van der Waals surface area contributed by atoms with Crippen molar-refractivity contribution in [1.29, 1.82) is 0 Å². The number of carboxylic acids is 1. The van der Waals surface area contributed by atoms with Crippen molar-refractivity contribution in [3.63, 3.8) is 0 Å². The number of benzene rings is 2. The second-order valence-electron chi connectivity index (χ2n) is 7.95. The lowest BCUT2D eigenvalue weighted by molar-refractivity contribution is -0.139. The highest BCUT2D eigenvalue weighted by Crippen LogP contribution is 2.21. The number of furan rings is 1. The molecular weight excluding hydrogens is 462 g/mol. The number of amides is 1. The average Bonchev–Trinajstić information content (AvgIpc) is 3.49. The Balaban J connectivity index is 1.26. The first-order chi connectivity index (χ1) is 17.4. The second-order valence-corrected chi connectivity index (χ2v) is 7.95. The van der Waals surface area contributed by atoms with Crippen LogP contribution in [0.4, 0.5) is 0 Å². The summed E-state index contributed by atoms with van der Waals surface area (Å²) in [6.07, 6.45) is 1.45. The normalized spacial score (nSPS) is 10.9. The Bertz CT molecular complexity index is 1350. The van der Waals surface area contributed by atoms with Gasteiger partial charge in [-0.1, -0.05) is 0 Å². The zero-order valence-corrected chi connectivity index (χ0v) is 19.8. The molecule has 0 saturated carbocycles. The third-order valence-electron chi connectivity index (χ3n) is 5.25. The number of carbonyl (C=O) groups is 2. The van der Waals surface area contributed by atoms with Crippen molar-refractivity contribution in [2.75, 3.05) is 6.61 Å². The number of aryl methyl sites for hydroxylation is 2. The van der Waals surface area contributed by atoms with Gasteiger partial charge in [0.05, 0.1) is 6.21 Å². The third-order valence-corrected chi connectivity index (χ3v) is 5.25. The van der Waals surface area contributed by atoms with Crippen LogP contribution in [0.1, 0.15) is 33.3 Å². The van der Waals surface area contributed by atoms with Gasteiger partial charge in [0.15, 0.2) is 12.4 Å². The molecule has 1 amide bonds. The fraction of sp³-hybridized carbons (Fsp3) is 0.148. The molecule has 2 aromatic heterocycles. The smallest absolute Gasteiger partial charge is 0.341 e. The van der Waals surface area contributed by atoms with Crippen LogP contribution in [-0.2, 0) is 11.4 Å². The molecule has 0 aliphatic rings. The SMILES string of the molecule is Cc1ccc(C)n1-c1ccc(OCc2ccc(C(=O)N/N=C/c3ccc(OCC(=O)O)cc3)o2)cc1. The quantitative estimate of drug-likeness (QED) is 0.252. The molecule has 9 nitrogen and oxygen atoms in total. The molecule has 184 valence electrons. The van der Waals surface area contributed by atoms with E-state index >= 15 is 0 Å². The van der Waals surface area contributed by atoms with Gasteiger partial charge in [-0.15, -0.1) is 0 Å². The predicted octanol–water partition coefficient (Wildman–Crippen LogP) is 4.49. The summed E-state index contributed by atoms with van der Waals surface area (Å²) in [5, 5.41) is 12.5. The summed E-state index contributed by atoms with van der Waals surface area (Å²) < 4.78 is 18.6. The van der Waals surface area contributed by atoms with Gasteiger partial charge in [-0.3, -0.25) is 4.79 Å². The van der Waals surface area contributed by atoms with Crippen molar-refractivity contribution in [2.45, 2.75) is 20.5 Å². The van der Waals surface area contributed by atoms with E-state index in [1.165, 1.54) is 6.21 Å². The van der Waals surface area contributed by atoms with Crippen LogP contribution < -0.4 is 14.9 Å². The molecule has 0 aliphatic carbocycles. The van der Waals surface area contributed by atoms with E-state index in [9.17, 15) is 9.59 Å². The lowest BCUT2D eigenvalue weighted by atomic mass is 10.2. The van der Waals surface area contributed by atoms with E-state index in [4.69, 9.17) is 19.0 Å². The Labute approximate surface area is 207 Å². The zero-order valence-electron chi connectivity index (χ0n) is 19.8. The fourth-order valence-corrected chi connectivity index (χ4v) is 3.51. The Morgan fingerprint density at radius 1 is 0.917 bits per heavy atom. The van der Waals surface area contributed by atoms with Crippen molar-refractivity contribution in [1.82, 2.24) is 9.99 Å². The highest BCUT2D eigenvalue weighted by atomic mass is 16.5. The first kappa shape index (κ1) is 24.3. The molecule has 0 aliphatic heterocycles. The number of hydrogen-bond acceptors (Lipinski definition) is 6. The maximum atomic E-state index is 12.3. The van der Waals surface area contributed by atoms with Crippen molar-refractivity contribution >= 4 is 18.1 Å². The first-order valence-corrected chi connectivity index (χ1v) is 11.1. The predicted molar refractivity (Wildman–Crippen MR) is 133 cm³/mol. The zero-order chi connectivity index (χ0) is 25.5. The topological polar surface area (TPSA) is 115 Å². The molecule has 0 atom stereocenters. The van der Waals surface area contributed by atoms with Crippen LogP contribution in [0, 0.1) is 13.8 Å². The summed E-state index contributed by atoms with van der Waals surface area (Å²) in [5.74, 6) is 0.169. The van der Waals surface area contributed by atoms with Gasteiger partial charge in [0.1, 0.15) is 23.9 Å². The maximum Gasteiger partial charge on any atom is 0.341 e. The van der Waals surface area contributed by atoms with Gasteiger partial charge in [0.25, 0.3) is 0 Å². The Morgan fingerprint density at radius 3 is 2.22 bits per heavy atom. The molecule has 36 heavy (non-hydrogen) atoms. The number of carbonyl (C=O) groups excluding carboxylic acids is 1. The molecule has 2 heterocycles. The van der Waals surface area contributed by atoms with Gasteiger partial charge in [-0.2, -0.15) is 5.10 Å². The number of aromatic nitrogens is 1. The largest absolute Gasteiger partial charge is 0.486 e. The van der Waals surface area contributed by atoms with Crippen molar-refractivity contribution in [2.24, 2.45) is 5.10 Å². The fourth-order valence-electron chi connectivity index (χ4n) is 3.51. The van der Waals surface area contributed by atoms with Crippen LogP contribution in [0.2, 0.25) is 0 Å². The first-order valence-electron chi connectivity index (χ1n) is 11.1. The summed E-state index contributed by atoms with van der Waals surface area (Å²) in [6, 6.07) is 21.7. The molecule has 2 N–H and O–H groups in total. The maximum absolute atomic E-state index is 12.3. The summed E-state index contributed by atoms with van der Waals surface area (Å²) in [7, 11) is 0. The van der Waals surface area contributed by atoms with Crippen LogP contribution in [0.5, 0.6) is 11.5 Å². The lowest BCUT2D eigenvalue weighted by Crippen LogP contribution is -2.16. The molecule has 0 bridgehead atoms. The van der Waals surface area contributed by atoms with Gasteiger partial charge in [-0.25, -0.2) is 10.2 Å². The number of rotatable bonds is 10. The molecule has 2 aromatic carbocycles. The van der Waals surface area contributed by atoms with Gasteiger partial charge in [-0.05, 0) is 92.2 Å². The van der Waals surface area contributed by atoms with Gasteiger partial charge in [0, 0.05) is 17.1 Å². The molecule has 0 unspecified atom stereocenters. The standard InChI is InChI=1S/C27H25N3O6/c1-18-3-4-19(2)30(18)21-7-11-23(12-8-21)34-16-24-13-14-25(36-24)27(33)29-28-15-20-5-9-22(10-6-20)35-17-26(31)32/h3-15H,16-17H2,1-2H3,(H,29,33)(H,31,32)/b28-15+. The number of nitrogens with one attached hydrogen (secondary N) is 1. The molecule has 4 rings (SSSR count). The summed E-state index contributed by atoms with van der Waals surface area (Å²) in [4.78, 5) is 22.8. The highest BCUT2D eigenvalue weighted by Gasteiger charge is 2.11. The molecule has 0 radical (unpaired) electrons. The number of nitrogens with zero attached hydrogens (tertiary/aromatic N) is 2. The molecule has 0 fully saturated rings. The van der Waals surface area contributed by atoms with Gasteiger partial charge >= 0.3 is 11.9 Å². The minimum Gasteiger partial charge on any atom is -0.486 e. The van der Waals surface area contributed by atoms with Crippen LogP contribution in [0.3, 0.4) is 0 Å². The second kappa shape index (κ2) is 11.1. The number of ether oxygens (including phenoxy) is 2. The monoisotopic (exact) mass is 487 g/mol. The van der Waals surface area contributed by atoms with Crippen LogP contribution in [0.25, 0.3) is 5.69 Å². The molecular formula is C27H25N3O6. The van der Waals surface area contributed by atoms with E-state index in [0.717, 1.165) is 17.1 Å². The number of hydrogen-bond donors (Lipinski definition) is 2. The van der Waals surface area contributed by atoms with Crippen LogP contribution >= 0.6 is 0 Å². The number of aliphatic carboxylic acids is 1. The summed E-state index contributed by atoms with van der Waals surface area (Å²) in [6.45, 7) is 3.88. The van der Waals surface area contributed by atoms with Gasteiger partial charge < -0.3 is 23.6 Å². The van der Waals surface area contributed by atoms with Crippen LogP contribution in [0.15, 0.2) is 82.3 Å². The molecule has 0 spiro atoms. The minimum absolute atomic E-state index is 0.108. The van der Waals surface area contributed by atoms with E-state index in [0.29, 0.717) is 22.8 Å². The number of carboxylic acid groups (broad SMARTS) is 1. The Hall–Kier alpha value is -4.79. The van der Waals surface area contributed by atoms with Crippen molar-refractivity contribution < 1.29 is 28.6 Å². The Morgan fingerprint density at radius 2 is 1.56 bits per heavy atom. The number of hydrazone groups is 1. The van der Waals surface area contributed by atoms with E-state index in [1.54, 1.807) is 36.4 Å².